The van der Waals surface area contributed by atoms with Crippen molar-refractivity contribution in [2.75, 3.05) is 6.26 Å². The monoisotopic (exact) mass is 331 g/mol. The number of aryl methyl sites for hydroxylation is 1. The third kappa shape index (κ3) is 3.29. The molecule has 0 N–H and O–H groups in total. The summed E-state index contributed by atoms with van der Waals surface area (Å²) in [5, 5.41) is 3.84. The smallest absolute Gasteiger partial charge is 0.223 e. The van der Waals surface area contributed by atoms with Crippen LogP contribution in [0.15, 0.2) is 62.3 Å². The molecule has 0 aliphatic heterocycles. The van der Waals surface area contributed by atoms with Crippen molar-refractivity contribution in [3.05, 3.63) is 60.2 Å². The summed E-state index contributed by atoms with van der Waals surface area (Å²) in [6.45, 7) is 1.70. The van der Waals surface area contributed by atoms with Crippen molar-refractivity contribution in [2.45, 2.75) is 11.8 Å². The highest BCUT2D eigenvalue weighted by Gasteiger charge is 2.12. The third-order valence-corrected chi connectivity index (χ3v) is 4.86. The SMILES string of the molecule is Cc1nc(-c2cccc(N=S(C)(=O)c3ccccc3F)c2)no1. The van der Waals surface area contributed by atoms with Crippen LogP contribution in [0.4, 0.5) is 10.1 Å². The third-order valence-electron chi connectivity index (χ3n) is 3.16. The largest absolute Gasteiger partial charge is 0.339 e. The van der Waals surface area contributed by atoms with E-state index < -0.39 is 15.5 Å². The number of nitrogens with zero attached hydrogens (tertiary/aromatic N) is 3. The lowest BCUT2D eigenvalue weighted by Crippen LogP contribution is -2.00. The normalized spacial score (nSPS) is 13.5. The first kappa shape index (κ1) is 15.4. The topological polar surface area (TPSA) is 68.3 Å². The average Bonchev–Trinajstić information content (AvgIpc) is 2.94. The van der Waals surface area contributed by atoms with E-state index in [0.29, 0.717) is 23.0 Å². The van der Waals surface area contributed by atoms with Crippen molar-refractivity contribution in [3.8, 4) is 11.4 Å². The van der Waals surface area contributed by atoms with Crippen molar-refractivity contribution in [1.29, 1.82) is 0 Å². The second-order valence-corrected chi connectivity index (χ2v) is 7.24. The van der Waals surface area contributed by atoms with E-state index >= 15 is 0 Å². The minimum atomic E-state index is -2.90. The lowest BCUT2D eigenvalue weighted by atomic mass is 10.2. The molecule has 0 aliphatic carbocycles. The Hall–Kier alpha value is -2.54. The highest BCUT2D eigenvalue weighted by molar-refractivity contribution is 7.93. The fourth-order valence-electron chi connectivity index (χ4n) is 2.12. The Morgan fingerprint density at radius 1 is 1.17 bits per heavy atom. The van der Waals surface area contributed by atoms with E-state index in [1.165, 1.54) is 18.4 Å². The molecule has 0 aliphatic rings. The van der Waals surface area contributed by atoms with Crippen LogP contribution in [0.1, 0.15) is 5.89 Å². The van der Waals surface area contributed by atoms with Gasteiger partial charge in [-0.1, -0.05) is 29.4 Å². The number of hydrogen-bond acceptors (Lipinski definition) is 5. The number of aromatic nitrogens is 2. The Morgan fingerprint density at radius 3 is 2.65 bits per heavy atom. The van der Waals surface area contributed by atoms with E-state index in [2.05, 4.69) is 14.5 Å². The molecule has 0 saturated carbocycles. The van der Waals surface area contributed by atoms with Gasteiger partial charge in [-0.15, -0.1) is 0 Å². The predicted molar refractivity (Wildman–Crippen MR) is 85.3 cm³/mol. The molecular weight excluding hydrogens is 317 g/mol. The van der Waals surface area contributed by atoms with Crippen molar-refractivity contribution < 1.29 is 13.1 Å². The Bertz CT molecular complexity index is 975. The van der Waals surface area contributed by atoms with Crippen molar-refractivity contribution in [2.24, 2.45) is 4.36 Å². The molecule has 3 rings (SSSR count). The van der Waals surface area contributed by atoms with E-state index in [1.807, 2.05) is 0 Å². The first-order valence-corrected chi connectivity index (χ1v) is 8.75. The Morgan fingerprint density at radius 2 is 1.96 bits per heavy atom. The summed E-state index contributed by atoms with van der Waals surface area (Å²) in [6, 6.07) is 12.9. The van der Waals surface area contributed by atoms with Gasteiger partial charge in [0.15, 0.2) is 0 Å². The molecule has 118 valence electrons. The molecule has 1 heterocycles. The average molecular weight is 331 g/mol. The molecular formula is C16H14FN3O2S. The fraction of sp³-hybridized carbons (Fsp3) is 0.125. The van der Waals surface area contributed by atoms with Gasteiger partial charge in [0, 0.05) is 18.7 Å². The minimum Gasteiger partial charge on any atom is -0.339 e. The van der Waals surface area contributed by atoms with Gasteiger partial charge in [0.1, 0.15) is 5.82 Å². The van der Waals surface area contributed by atoms with Crippen LogP contribution in [0.2, 0.25) is 0 Å². The Labute approximate surface area is 133 Å². The molecule has 3 aromatic rings. The molecule has 1 atom stereocenters. The number of benzene rings is 2. The van der Waals surface area contributed by atoms with Gasteiger partial charge in [-0.05, 0) is 24.3 Å². The predicted octanol–water partition coefficient (Wildman–Crippen LogP) is 3.97. The van der Waals surface area contributed by atoms with Gasteiger partial charge < -0.3 is 4.52 Å². The quantitative estimate of drug-likeness (QED) is 0.728. The van der Waals surface area contributed by atoms with Crippen LogP contribution < -0.4 is 0 Å². The molecule has 0 radical (unpaired) electrons. The molecule has 5 nitrogen and oxygen atoms in total. The zero-order valence-corrected chi connectivity index (χ0v) is 13.4. The molecule has 0 spiro atoms. The van der Waals surface area contributed by atoms with Crippen LogP contribution in [0.5, 0.6) is 0 Å². The molecule has 0 amide bonds. The summed E-state index contributed by atoms with van der Waals surface area (Å²) in [6.07, 6.45) is 1.41. The van der Waals surface area contributed by atoms with Crippen LogP contribution in [0.3, 0.4) is 0 Å². The van der Waals surface area contributed by atoms with Gasteiger partial charge in [0.25, 0.3) is 0 Å². The van der Waals surface area contributed by atoms with Crippen LogP contribution in [0, 0.1) is 12.7 Å². The van der Waals surface area contributed by atoms with E-state index in [1.54, 1.807) is 43.3 Å². The number of hydrogen-bond donors (Lipinski definition) is 0. The van der Waals surface area contributed by atoms with E-state index in [9.17, 15) is 8.60 Å². The van der Waals surface area contributed by atoms with Gasteiger partial charge in [-0.3, -0.25) is 0 Å². The summed E-state index contributed by atoms with van der Waals surface area (Å²) in [5.41, 5.74) is 1.15. The summed E-state index contributed by atoms with van der Waals surface area (Å²) in [5.74, 6) is 0.342. The molecule has 1 aromatic heterocycles. The van der Waals surface area contributed by atoms with Crippen LogP contribution in [0.25, 0.3) is 11.4 Å². The van der Waals surface area contributed by atoms with E-state index in [0.717, 1.165) is 0 Å². The molecule has 2 aromatic carbocycles. The lowest BCUT2D eigenvalue weighted by molar-refractivity contribution is 0.394. The first-order valence-electron chi connectivity index (χ1n) is 6.83. The second-order valence-electron chi connectivity index (χ2n) is 5.01. The van der Waals surface area contributed by atoms with Crippen molar-refractivity contribution in [1.82, 2.24) is 10.1 Å². The zero-order valence-electron chi connectivity index (χ0n) is 12.6. The van der Waals surface area contributed by atoms with Gasteiger partial charge in [0.2, 0.25) is 11.7 Å². The van der Waals surface area contributed by atoms with Crippen LogP contribution >= 0.6 is 0 Å². The number of halogens is 1. The standard InChI is InChI=1S/C16H14FN3O2S/c1-11-18-16(19-22-11)12-6-5-7-13(10-12)20-23(2,21)15-9-4-3-8-14(15)17/h3-10H,1-2H3. The summed E-state index contributed by atoms with van der Waals surface area (Å²) in [4.78, 5) is 4.22. The number of rotatable bonds is 3. The summed E-state index contributed by atoms with van der Waals surface area (Å²) >= 11 is 0. The first-order chi connectivity index (χ1) is 11.0. The molecule has 0 saturated heterocycles. The van der Waals surface area contributed by atoms with Gasteiger partial charge in [-0.25, -0.2) is 8.60 Å². The summed E-state index contributed by atoms with van der Waals surface area (Å²) in [7, 11) is -2.90. The summed E-state index contributed by atoms with van der Waals surface area (Å²) < 4.78 is 35.8. The van der Waals surface area contributed by atoms with E-state index in [-0.39, 0.29) is 4.90 Å². The molecule has 1 unspecified atom stereocenters. The van der Waals surface area contributed by atoms with E-state index in [4.69, 9.17) is 4.52 Å². The fourth-order valence-corrected chi connectivity index (χ4v) is 3.50. The molecule has 7 heteroatoms. The van der Waals surface area contributed by atoms with Crippen molar-refractivity contribution >= 4 is 15.4 Å². The van der Waals surface area contributed by atoms with Crippen molar-refractivity contribution in [3.63, 3.8) is 0 Å². The lowest BCUT2D eigenvalue weighted by Gasteiger charge is -2.06. The van der Waals surface area contributed by atoms with Gasteiger partial charge in [0.05, 0.1) is 20.3 Å². The maximum atomic E-state index is 13.9. The molecule has 0 bridgehead atoms. The highest BCUT2D eigenvalue weighted by atomic mass is 32.2. The second kappa shape index (κ2) is 5.92. The maximum Gasteiger partial charge on any atom is 0.223 e. The van der Waals surface area contributed by atoms with Gasteiger partial charge >= 0.3 is 0 Å². The molecule has 0 fully saturated rings. The van der Waals surface area contributed by atoms with Crippen LogP contribution in [-0.2, 0) is 9.73 Å². The van der Waals surface area contributed by atoms with Gasteiger partial charge in [-0.2, -0.15) is 9.35 Å². The maximum absolute atomic E-state index is 13.9. The Kier molecular flexibility index (Phi) is 3.96. The highest BCUT2D eigenvalue weighted by Crippen LogP contribution is 2.25. The van der Waals surface area contributed by atoms with Crippen LogP contribution in [-0.4, -0.2) is 20.6 Å². The zero-order chi connectivity index (χ0) is 16.4. The Balaban J connectivity index is 2.06. The minimum absolute atomic E-state index is 0.0841. The molecule has 23 heavy (non-hydrogen) atoms.